The third-order valence-corrected chi connectivity index (χ3v) is 1.48. The maximum atomic E-state index is 10.4. The van der Waals surface area contributed by atoms with Gasteiger partial charge in [0.1, 0.15) is 0 Å². The van der Waals surface area contributed by atoms with Crippen LogP contribution in [0.3, 0.4) is 0 Å². The molecule has 0 aliphatic rings. The molecular formula is C6H11NO8Ti. The van der Waals surface area contributed by atoms with Crippen LogP contribution in [0.25, 0.3) is 0 Å². The number of hydrogen-bond donors (Lipinski definition) is 6. The molecule has 0 bridgehead atoms. The number of rotatable bonds is 5. The molecule has 0 saturated carbocycles. The van der Waals surface area contributed by atoms with Gasteiger partial charge in [-0.2, -0.15) is 0 Å². The van der Waals surface area contributed by atoms with Crippen LogP contribution in [0, 0.1) is 0 Å². The smallest absolute Gasteiger partial charge is 0.339 e. The second kappa shape index (κ2) is 7.31. The molecular weight excluding hydrogens is 262 g/mol. The normalized spacial score (nSPS) is 14.6. The van der Waals surface area contributed by atoms with Crippen molar-refractivity contribution in [3.63, 3.8) is 0 Å². The number of carboxylic acids is 3. The minimum Gasteiger partial charge on any atom is -0.481 e. The van der Waals surface area contributed by atoms with Crippen molar-refractivity contribution in [1.29, 1.82) is 0 Å². The summed E-state index contributed by atoms with van der Waals surface area (Å²) in [5.74, 6) is -5.87. The molecule has 0 aromatic heterocycles. The molecule has 0 radical (unpaired) electrons. The number of aliphatic carboxylic acids is 3. The molecule has 10 heteroatoms. The maximum Gasteiger partial charge on any atom is 0.339 e. The van der Waals surface area contributed by atoms with E-state index in [1.165, 1.54) is 0 Å². The van der Waals surface area contributed by atoms with E-state index in [-0.39, 0.29) is 27.9 Å². The van der Waals surface area contributed by atoms with Crippen LogP contribution in [0.15, 0.2) is 0 Å². The van der Waals surface area contributed by atoms with Gasteiger partial charge in [0.25, 0.3) is 0 Å². The Balaban J connectivity index is -0.000000845. The summed E-state index contributed by atoms with van der Waals surface area (Å²) in [4.78, 5) is 30.7. The summed E-state index contributed by atoms with van der Waals surface area (Å²) in [5, 5.41) is 42.6. The van der Waals surface area contributed by atoms with Crippen LogP contribution in [0.1, 0.15) is 6.42 Å². The Morgan fingerprint density at radius 2 is 1.50 bits per heavy atom. The molecule has 2 unspecified atom stereocenters. The van der Waals surface area contributed by atoms with Crippen LogP contribution < -0.4 is 6.15 Å². The van der Waals surface area contributed by atoms with Crippen LogP contribution in [0.2, 0.25) is 0 Å². The molecule has 16 heavy (non-hydrogen) atoms. The molecule has 0 aromatic rings. The first-order valence-electron chi connectivity index (χ1n) is 3.30. The van der Waals surface area contributed by atoms with Crippen LogP contribution in [0.5, 0.6) is 0 Å². The average molecular weight is 273 g/mol. The van der Waals surface area contributed by atoms with Crippen molar-refractivity contribution in [2.45, 2.75) is 18.1 Å². The van der Waals surface area contributed by atoms with Crippen molar-refractivity contribution < 1.29 is 61.6 Å². The second-order valence-corrected chi connectivity index (χ2v) is 2.54. The first-order valence-corrected chi connectivity index (χ1v) is 3.30. The molecule has 92 valence electrons. The van der Waals surface area contributed by atoms with E-state index in [1.807, 2.05) is 0 Å². The van der Waals surface area contributed by atoms with E-state index in [2.05, 4.69) is 0 Å². The van der Waals surface area contributed by atoms with Gasteiger partial charge in [-0.1, -0.05) is 0 Å². The van der Waals surface area contributed by atoms with Gasteiger partial charge in [-0.05, 0) is 0 Å². The van der Waals surface area contributed by atoms with Gasteiger partial charge in [-0.3, -0.25) is 4.79 Å². The molecule has 0 spiro atoms. The number of hydrogen-bond acceptors (Lipinski definition) is 6. The van der Waals surface area contributed by atoms with E-state index >= 15 is 0 Å². The predicted molar refractivity (Wildman–Crippen MR) is 43.5 cm³/mol. The van der Waals surface area contributed by atoms with Crippen molar-refractivity contribution in [1.82, 2.24) is 6.15 Å². The largest absolute Gasteiger partial charge is 0.481 e. The van der Waals surface area contributed by atoms with Gasteiger partial charge in [0.15, 0.2) is 6.10 Å². The zero-order chi connectivity index (χ0) is 11.5. The molecule has 0 rings (SSSR count). The van der Waals surface area contributed by atoms with Crippen LogP contribution in [0.4, 0.5) is 0 Å². The van der Waals surface area contributed by atoms with Gasteiger partial charge in [-0.15, -0.1) is 0 Å². The van der Waals surface area contributed by atoms with E-state index in [1.54, 1.807) is 0 Å². The van der Waals surface area contributed by atoms with Crippen molar-refractivity contribution in [3.8, 4) is 0 Å². The molecule has 2 atom stereocenters. The summed E-state index contributed by atoms with van der Waals surface area (Å²) in [6.07, 6.45) is -4.11. The first kappa shape index (κ1) is 20.4. The van der Waals surface area contributed by atoms with Gasteiger partial charge in [0.05, 0.1) is 6.42 Å². The maximum absolute atomic E-state index is 10.4. The van der Waals surface area contributed by atoms with Crippen LogP contribution in [-0.4, -0.2) is 55.1 Å². The fraction of sp³-hybridized carbons (Fsp3) is 0.500. The van der Waals surface area contributed by atoms with Gasteiger partial charge in [0, 0.05) is 21.7 Å². The quantitative estimate of drug-likeness (QED) is 0.304. The molecule has 9 nitrogen and oxygen atoms in total. The average Bonchev–Trinajstić information content (AvgIpc) is 2.00. The van der Waals surface area contributed by atoms with Crippen molar-refractivity contribution in [2.24, 2.45) is 0 Å². The Morgan fingerprint density at radius 3 is 1.69 bits per heavy atom. The summed E-state index contributed by atoms with van der Waals surface area (Å²) >= 11 is 0. The zero-order valence-corrected chi connectivity index (χ0v) is 9.51. The zero-order valence-electron chi connectivity index (χ0n) is 7.95. The minimum absolute atomic E-state index is 0. The molecule has 0 saturated heterocycles. The minimum atomic E-state index is -3.22. The summed E-state index contributed by atoms with van der Waals surface area (Å²) in [6.45, 7) is 0. The summed E-state index contributed by atoms with van der Waals surface area (Å²) in [7, 11) is 0. The first-order chi connectivity index (χ1) is 6.21. The Hall–Kier alpha value is -0.996. The van der Waals surface area contributed by atoms with Gasteiger partial charge >= 0.3 is 17.9 Å². The molecule has 0 heterocycles. The number of aliphatic hydroxyl groups is 2. The fourth-order valence-electron chi connectivity index (χ4n) is 0.724. The monoisotopic (exact) mass is 273 g/mol. The summed E-state index contributed by atoms with van der Waals surface area (Å²) in [6, 6.07) is 0. The van der Waals surface area contributed by atoms with Crippen molar-refractivity contribution in [2.75, 3.05) is 0 Å². The molecule has 8 N–H and O–H groups in total. The van der Waals surface area contributed by atoms with Crippen LogP contribution >= 0.6 is 0 Å². The molecule has 0 fully saturated rings. The van der Waals surface area contributed by atoms with Crippen molar-refractivity contribution >= 4 is 17.9 Å². The number of aliphatic hydroxyl groups excluding tert-OH is 1. The summed E-state index contributed by atoms with van der Waals surface area (Å²) in [5.41, 5.74) is -3.22. The Bertz CT molecular complexity index is 282. The van der Waals surface area contributed by atoms with Gasteiger partial charge in [-0.25, -0.2) is 9.59 Å². The Kier molecular flexibility index (Phi) is 9.32. The third-order valence-electron chi connectivity index (χ3n) is 1.48. The van der Waals surface area contributed by atoms with E-state index in [4.69, 9.17) is 25.5 Å². The molecule has 0 amide bonds. The number of carbonyl (C=O) groups is 3. The second-order valence-electron chi connectivity index (χ2n) is 2.54. The fourth-order valence-corrected chi connectivity index (χ4v) is 0.724. The number of carboxylic acid groups (broad SMARTS) is 3. The SMILES string of the molecule is N.O=C(O)CC(O)(C(=O)O)C(O)C(=O)O.[Ti]. The molecule has 0 aliphatic carbocycles. The van der Waals surface area contributed by atoms with Gasteiger partial charge in [0.2, 0.25) is 5.60 Å². The van der Waals surface area contributed by atoms with E-state index in [9.17, 15) is 14.4 Å². The molecule has 0 aromatic carbocycles. The van der Waals surface area contributed by atoms with Crippen molar-refractivity contribution in [3.05, 3.63) is 0 Å². The third kappa shape index (κ3) is 4.68. The topological polar surface area (TPSA) is 187 Å². The van der Waals surface area contributed by atoms with Gasteiger partial charge < -0.3 is 31.7 Å². The van der Waals surface area contributed by atoms with E-state index in [0.29, 0.717) is 0 Å². The Labute approximate surface area is 104 Å². The van der Waals surface area contributed by atoms with Crippen LogP contribution in [-0.2, 0) is 36.1 Å². The Morgan fingerprint density at radius 1 is 1.12 bits per heavy atom. The predicted octanol–water partition coefficient (Wildman–Crippen LogP) is -2.12. The van der Waals surface area contributed by atoms with E-state index < -0.39 is 36.0 Å². The summed E-state index contributed by atoms with van der Waals surface area (Å²) < 4.78 is 0. The van der Waals surface area contributed by atoms with E-state index in [0.717, 1.165) is 0 Å². The molecule has 0 aliphatic heterocycles. The standard InChI is InChI=1S/C6H8O8.H3N.Ti/c7-2(8)1-6(14,5(12)13)3(9)4(10)11;;/h3,9,14H,1H2,(H,7,8)(H,10,11)(H,12,13);1H3;.